The third-order valence-electron chi connectivity index (χ3n) is 5.88. The van der Waals surface area contributed by atoms with E-state index >= 15 is 0 Å². The fourth-order valence-electron chi connectivity index (χ4n) is 4.63. The van der Waals surface area contributed by atoms with Crippen LogP contribution in [0.3, 0.4) is 0 Å². The number of ether oxygens (including phenoxy) is 3. The summed E-state index contributed by atoms with van der Waals surface area (Å²) in [7, 11) is 3.30. The average molecular weight is 408 g/mol. The fourth-order valence-corrected chi connectivity index (χ4v) is 4.63. The molecule has 158 valence electrons. The van der Waals surface area contributed by atoms with Gasteiger partial charge in [-0.2, -0.15) is 0 Å². The van der Waals surface area contributed by atoms with Crippen molar-refractivity contribution in [3.63, 3.8) is 0 Å². The lowest BCUT2D eigenvalue weighted by atomic mass is 9.68. The molecule has 0 spiro atoms. The quantitative estimate of drug-likeness (QED) is 0.729. The van der Waals surface area contributed by atoms with Crippen molar-refractivity contribution >= 4 is 11.5 Å². The number of fused-ring (bicyclic) bond motifs is 1. The first-order chi connectivity index (χ1) is 14.4. The van der Waals surface area contributed by atoms with Crippen molar-refractivity contribution in [2.24, 2.45) is 5.41 Å². The summed E-state index contributed by atoms with van der Waals surface area (Å²) >= 11 is 0. The maximum Gasteiger partial charge on any atom is 0.162 e. The molecule has 0 bridgehead atoms. The van der Waals surface area contributed by atoms with E-state index in [2.05, 4.69) is 19.2 Å². The number of methoxy groups -OCH3 is 2. The van der Waals surface area contributed by atoms with E-state index in [1.807, 2.05) is 43.3 Å². The Kier molecular flexibility index (Phi) is 5.22. The summed E-state index contributed by atoms with van der Waals surface area (Å²) in [4.78, 5) is 13.3. The molecule has 1 aliphatic carbocycles. The normalized spacial score (nSPS) is 19.5. The monoisotopic (exact) mass is 407 g/mol. The van der Waals surface area contributed by atoms with Gasteiger partial charge in [-0.25, -0.2) is 0 Å². The number of anilines is 1. The zero-order valence-electron chi connectivity index (χ0n) is 18.3. The van der Waals surface area contributed by atoms with Crippen molar-refractivity contribution in [3.05, 3.63) is 58.8 Å². The molecule has 4 rings (SSSR count). The maximum atomic E-state index is 13.3. The number of carbonyl (C=O) groups is 1. The first-order valence-corrected chi connectivity index (χ1v) is 10.4. The number of benzene rings is 2. The van der Waals surface area contributed by atoms with E-state index in [9.17, 15) is 4.79 Å². The third kappa shape index (κ3) is 3.53. The Morgan fingerprint density at radius 3 is 2.40 bits per heavy atom. The van der Waals surface area contributed by atoms with Gasteiger partial charge < -0.3 is 19.5 Å². The largest absolute Gasteiger partial charge is 0.497 e. The minimum atomic E-state index is -0.198. The van der Waals surface area contributed by atoms with Crippen LogP contribution < -0.4 is 19.5 Å². The Morgan fingerprint density at radius 2 is 1.77 bits per heavy atom. The van der Waals surface area contributed by atoms with Crippen LogP contribution in [0.5, 0.6) is 17.2 Å². The summed E-state index contributed by atoms with van der Waals surface area (Å²) in [5, 5.41) is 3.54. The van der Waals surface area contributed by atoms with Gasteiger partial charge in [0.15, 0.2) is 5.78 Å². The molecule has 1 N–H and O–H groups in total. The Labute approximate surface area is 178 Å². The molecule has 1 aliphatic heterocycles. The number of hydrogen-bond donors (Lipinski definition) is 1. The van der Waals surface area contributed by atoms with Crippen LogP contribution in [0, 0.1) is 5.41 Å². The zero-order valence-corrected chi connectivity index (χ0v) is 18.3. The highest BCUT2D eigenvalue weighted by Crippen LogP contribution is 2.52. The van der Waals surface area contributed by atoms with Crippen LogP contribution in [-0.2, 0) is 4.79 Å². The van der Waals surface area contributed by atoms with Crippen molar-refractivity contribution < 1.29 is 19.0 Å². The van der Waals surface area contributed by atoms with Gasteiger partial charge in [0.05, 0.1) is 20.8 Å². The lowest BCUT2D eigenvalue weighted by Crippen LogP contribution is -2.34. The standard InChI is InChI=1S/C25H29NO4/c1-6-30-16-9-7-15(8-10-16)22-23-19(13-25(2,3)14-20(23)27)26-18-11-17(28-4)12-21(29-5)24(18)22/h7-12,22,26H,6,13-14H2,1-5H3/t22-/m1/s1. The van der Waals surface area contributed by atoms with E-state index in [1.165, 1.54) is 0 Å². The van der Waals surface area contributed by atoms with Gasteiger partial charge in [-0.1, -0.05) is 26.0 Å². The first kappa shape index (κ1) is 20.3. The van der Waals surface area contributed by atoms with Crippen LogP contribution in [0.4, 0.5) is 5.69 Å². The van der Waals surface area contributed by atoms with Crippen molar-refractivity contribution in [2.75, 3.05) is 26.1 Å². The number of hydrogen-bond acceptors (Lipinski definition) is 5. The van der Waals surface area contributed by atoms with E-state index < -0.39 is 0 Å². The molecule has 2 aromatic carbocycles. The van der Waals surface area contributed by atoms with Gasteiger partial charge >= 0.3 is 0 Å². The SMILES string of the molecule is CCOc1ccc([C@@H]2C3=C(CC(C)(C)CC3=O)Nc3cc(OC)cc(OC)c32)cc1. The van der Waals surface area contributed by atoms with Gasteiger partial charge in [-0.15, -0.1) is 0 Å². The van der Waals surface area contributed by atoms with Crippen molar-refractivity contribution in [1.82, 2.24) is 0 Å². The van der Waals surface area contributed by atoms with Gasteiger partial charge in [-0.05, 0) is 36.5 Å². The molecule has 1 heterocycles. The number of carbonyl (C=O) groups excluding carboxylic acids is 1. The summed E-state index contributed by atoms with van der Waals surface area (Å²) in [5.41, 5.74) is 4.70. The summed E-state index contributed by atoms with van der Waals surface area (Å²) in [5.74, 6) is 2.24. The number of Topliss-reactive ketones (excluding diaryl/α,β-unsaturated/α-hetero) is 1. The Hall–Kier alpha value is -2.95. The molecular weight excluding hydrogens is 378 g/mol. The molecule has 0 aromatic heterocycles. The second kappa shape index (κ2) is 7.71. The topological polar surface area (TPSA) is 56.8 Å². The van der Waals surface area contributed by atoms with E-state index in [0.29, 0.717) is 24.5 Å². The van der Waals surface area contributed by atoms with Gasteiger partial charge in [0, 0.05) is 47.0 Å². The number of allylic oxidation sites excluding steroid dienone is 2. The van der Waals surface area contributed by atoms with Crippen LogP contribution in [0.1, 0.15) is 50.7 Å². The van der Waals surface area contributed by atoms with Crippen molar-refractivity contribution in [1.29, 1.82) is 0 Å². The molecule has 2 aromatic rings. The molecule has 0 amide bonds. The molecule has 5 heteroatoms. The third-order valence-corrected chi connectivity index (χ3v) is 5.88. The summed E-state index contributed by atoms with van der Waals surface area (Å²) in [6.45, 7) is 6.87. The van der Waals surface area contributed by atoms with Crippen molar-refractivity contribution in [3.8, 4) is 17.2 Å². The molecule has 0 saturated heterocycles. The number of ketones is 1. The van der Waals surface area contributed by atoms with Crippen LogP contribution in [0.15, 0.2) is 47.7 Å². The Balaban J connectivity index is 1.92. The number of nitrogens with one attached hydrogen (secondary N) is 1. The maximum absolute atomic E-state index is 13.3. The van der Waals surface area contributed by atoms with Crippen molar-refractivity contribution in [2.45, 2.75) is 39.5 Å². The van der Waals surface area contributed by atoms with Gasteiger partial charge in [0.25, 0.3) is 0 Å². The summed E-state index contributed by atoms with van der Waals surface area (Å²) in [6, 6.07) is 11.9. The van der Waals surface area contributed by atoms with Gasteiger partial charge in [0.2, 0.25) is 0 Å². The molecular formula is C25H29NO4. The minimum Gasteiger partial charge on any atom is -0.497 e. The highest BCUT2D eigenvalue weighted by atomic mass is 16.5. The molecule has 30 heavy (non-hydrogen) atoms. The van der Waals surface area contributed by atoms with E-state index in [-0.39, 0.29) is 17.1 Å². The number of rotatable bonds is 5. The van der Waals surface area contributed by atoms with Gasteiger partial charge in [-0.3, -0.25) is 4.79 Å². The molecule has 0 saturated carbocycles. The van der Waals surface area contributed by atoms with E-state index in [4.69, 9.17) is 14.2 Å². The molecule has 2 aliphatic rings. The molecule has 0 radical (unpaired) electrons. The highest BCUT2D eigenvalue weighted by molar-refractivity contribution is 6.02. The Bertz CT molecular complexity index is 1000. The van der Waals surface area contributed by atoms with Crippen LogP contribution in [0.25, 0.3) is 0 Å². The smallest absolute Gasteiger partial charge is 0.162 e. The minimum absolute atomic E-state index is 0.0766. The lowest BCUT2D eigenvalue weighted by Gasteiger charge is -2.40. The van der Waals surface area contributed by atoms with Crippen LogP contribution >= 0.6 is 0 Å². The molecule has 0 fully saturated rings. The first-order valence-electron chi connectivity index (χ1n) is 10.4. The van der Waals surface area contributed by atoms with E-state index in [0.717, 1.165) is 40.3 Å². The van der Waals surface area contributed by atoms with E-state index in [1.54, 1.807) is 14.2 Å². The highest BCUT2D eigenvalue weighted by Gasteiger charge is 2.42. The molecule has 5 nitrogen and oxygen atoms in total. The molecule has 1 atom stereocenters. The second-order valence-corrected chi connectivity index (χ2v) is 8.68. The Morgan fingerprint density at radius 1 is 1.03 bits per heavy atom. The summed E-state index contributed by atoms with van der Waals surface area (Å²) < 4.78 is 16.8. The second-order valence-electron chi connectivity index (χ2n) is 8.68. The van der Waals surface area contributed by atoms with Crippen LogP contribution in [-0.4, -0.2) is 26.6 Å². The van der Waals surface area contributed by atoms with Crippen LogP contribution in [0.2, 0.25) is 0 Å². The average Bonchev–Trinajstić information content (AvgIpc) is 2.71. The fraction of sp³-hybridized carbons (Fsp3) is 0.400. The predicted octanol–water partition coefficient (Wildman–Crippen LogP) is 5.30. The molecule has 0 unspecified atom stereocenters. The lowest BCUT2D eigenvalue weighted by molar-refractivity contribution is -0.118. The van der Waals surface area contributed by atoms with Gasteiger partial charge in [0.1, 0.15) is 17.2 Å². The predicted molar refractivity (Wildman–Crippen MR) is 118 cm³/mol. The zero-order chi connectivity index (χ0) is 21.5. The summed E-state index contributed by atoms with van der Waals surface area (Å²) in [6.07, 6.45) is 1.36.